The lowest BCUT2D eigenvalue weighted by atomic mass is 9.87. The highest BCUT2D eigenvalue weighted by Gasteiger charge is 2.36. The molecule has 0 radical (unpaired) electrons. The zero-order chi connectivity index (χ0) is 38.7. The molecule has 0 spiro atoms. The summed E-state index contributed by atoms with van der Waals surface area (Å²) in [4.78, 5) is 70.7. The first-order chi connectivity index (χ1) is 25.4. The first-order valence-corrected chi connectivity index (χ1v) is 18.1. The number of rotatable bonds is 14. The third-order valence-electron chi connectivity index (χ3n) is 9.88. The summed E-state index contributed by atoms with van der Waals surface area (Å²) in [6.45, 7) is 3.98. The number of unbranched alkanes of at least 4 members (excludes halogenated alkanes) is 1. The minimum absolute atomic E-state index is 0.00295. The topological polar surface area (TPSA) is 169 Å². The summed E-state index contributed by atoms with van der Waals surface area (Å²) in [5.74, 6) is -2.32. The van der Waals surface area contributed by atoms with Gasteiger partial charge in [-0.15, -0.1) is 0 Å². The molecule has 11 nitrogen and oxygen atoms in total. The van der Waals surface area contributed by atoms with Gasteiger partial charge in [-0.25, -0.2) is 0 Å². The molecule has 53 heavy (non-hydrogen) atoms. The number of nitriles is 1. The summed E-state index contributed by atoms with van der Waals surface area (Å²) in [5.41, 5.74) is 9.73. The fourth-order valence-electron chi connectivity index (χ4n) is 6.82. The van der Waals surface area contributed by atoms with E-state index in [1.165, 1.54) is 19.1 Å². The van der Waals surface area contributed by atoms with Gasteiger partial charge in [-0.1, -0.05) is 55.3 Å². The number of nitrogens with one attached hydrogen (secondary N) is 1. The number of benzene rings is 3. The third kappa shape index (κ3) is 10.2. The van der Waals surface area contributed by atoms with Crippen LogP contribution in [0.25, 0.3) is 11.1 Å². The lowest BCUT2D eigenvalue weighted by Crippen LogP contribution is -2.45. The maximum absolute atomic E-state index is 14.5. The smallest absolute Gasteiger partial charge is 0.226 e. The van der Waals surface area contributed by atoms with Crippen LogP contribution in [0.1, 0.15) is 85.0 Å². The minimum Gasteiger partial charge on any atom is -0.496 e. The van der Waals surface area contributed by atoms with Crippen molar-refractivity contribution in [2.45, 2.75) is 77.3 Å². The van der Waals surface area contributed by atoms with Crippen molar-refractivity contribution in [2.75, 3.05) is 27.8 Å². The third-order valence-corrected chi connectivity index (χ3v) is 9.88. The number of ketones is 3. The Kier molecular flexibility index (Phi) is 14.5. The number of methoxy groups -OCH3 is 2. The fourth-order valence-corrected chi connectivity index (χ4v) is 6.82. The number of carbonyl (C=O) groups is 5. The Hall–Kier alpha value is -5.34. The standard InChI is InChI=1S/C42H50N4O7/c1-26-11-14-29(15-12-26)36(48)25-31(9-6-7-19-43)42(51)46(3)40-30-16-18-39(53-5)33(24-30)32-22-28(13-17-38(32)52-4)23-34(35(47)10-8-20-44)45-41(50)27(2)21-37(40)49/h11-18,22,24,27,31,34,40H,6-10,19,21,23,25,43H2,1-5H3,(H,45,50)/t27-,31-,34+,40+/m1/s1. The van der Waals surface area contributed by atoms with Crippen molar-refractivity contribution >= 4 is 29.2 Å². The highest BCUT2D eigenvalue weighted by Crippen LogP contribution is 2.40. The number of fused-ring (bicyclic) bond motifs is 5. The molecule has 0 fully saturated rings. The molecule has 1 heterocycles. The van der Waals surface area contributed by atoms with Gasteiger partial charge in [-0.3, -0.25) is 24.0 Å². The normalized spacial score (nSPS) is 17.8. The Morgan fingerprint density at radius 3 is 2.26 bits per heavy atom. The molecule has 0 aliphatic carbocycles. The van der Waals surface area contributed by atoms with Gasteiger partial charge in [0.25, 0.3) is 0 Å². The van der Waals surface area contributed by atoms with E-state index in [0.717, 1.165) is 11.1 Å². The zero-order valence-corrected chi connectivity index (χ0v) is 31.3. The Labute approximate surface area is 311 Å². The van der Waals surface area contributed by atoms with Gasteiger partial charge in [0.2, 0.25) is 11.8 Å². The molecule has 3 aromatic rings. The fraction of sp³-hybridized carbons (Fsp3) is 0.429. The van der Waals surface area contributed by atoms with E-state index < -0.39 is 35.6 Å². The number of likely N-dealkylation sites (N-methyl/N-ethyl adjacent to an activating group) is 1. The van der Waals surface area contributed by atoms with Crippen molar-refractivity contribution in [3.8, 4) is 28.7 Å². The van der Waals surface area contributed by atoms with Crippen molar-refractivity contribution in [1.29, 1.82) is 5.26 Å². The van der Waals surface area contributed by atoms with Gasteiger partial charge in [0.1, 0.15) is 17.5 Å². The van der Waals surface area contributed by atoms with E-state index in [1.807, 2.05) is 37.3 Å². The Morgan fingerprint density at radius 2 is 1.62 bits per heavy atom. The van der Waals surface area contributed by atoms with Crippen LogP contribution in [0.15, 0.2) is 60.7 Å². The van der Waals surface area contributed by atoms with Crippen LogP contribution >= 0.6 is 0 Å². The van der Waals surface area contributed by atoms with Crippen molar-refractivity contribution in [3.63, 3.8) is 0 Å². The molecule has 1 aliphatic rings. The number of amides is 2. The average Bonchev–Trinajstić information content (AvgIpc) is 3.15. The average molecular weight is 723 g/mol. The summed E-state index contributed by atoms with van der Waals surface area (Å²) in [6.07, 6.45) is 1.53. The van der Waals surface area contributed by atoms with E-state index in [0.29, 0.717) is 59.6 Å². The predicted octanol–water partition coefficient (Wildman–Crippen LogP) is 5.71. The van der Waals surface area contributed by atoms with Gasteiger partial charge in [0.15, 0.2) is 17.3 Å². The van der Waals surface area contributed by atoms with E-state index in [2.05, 4.69) is 5.32 Å². The summed E-state index contributed by atoms with van der Waals surface area (Å²) >= 11 is 0. The minimum atomic E-state index is -1.13. The van der Waals surface area contributed by atoms with Gasteiger partial charge in [-0.05, 0) is 68.1 Å². The number of aryl methyl sites for hydroxylation is 1. The molecule has 0 aromatic heterocycles. The van der Waals surface area contributed by atoms with E-state index >= 15 is 0 Å². The van der Waals surface area contributed by atoms with Gasteiger partial charge in [-0.2, -0.15) is 5.26 Å². The predicted molar refractivity (Wildman–Crippen MR) is 201 cm³/mol. The molecule has 0 saturated carbocycles. The van der Waals surface area contributed by atoms with E-state index in [4.69, 9.17) is 20.5 Å². The largest absolute Gasteiger partial charge is 0.496 e. The Balaban J connectivity index is 1.83. The van der Waals surface area contributed by atoms with Crippen molar-refractivity contribution in [3.05, 3.63) is 82.9 Å². The lowest BCUT2D eigenvalue weighted by molar-refractivity contribution is -0.142. The van der Waals surface area contributed by atoms with E-state index in [1.54, 1.807) is 50.4 Å². The SMILES string of the molecule is COc1ccc2cc1-c1cc(ccc1OC)[C@H](N(C)C(=O)[C@H](CCCCN)CC(=O)c1ccc(C)cc1)C(=O)C[C@@H](C)C(=O)N[C@H](C(=O)CCC#N)C2. The molecular formula is C42H50N4O7. The van der Waals surface area contributed by atoms with Crippen LogP contribution in [0.5, 0.6) is 11.5 Å². The van der Waals surface area contributed by atoms with E-state index in [-0.39, 0.29) is 49.6 Å². The second-order valence-corrected chi connectivity index (χ2v) is 13.8. The number of carbonyl (C=O) groups excluding carboxylic acids is 5. The molecule has 280 valence electrons. The van der Waals surface area contributed by atoms with Crippen LogP contribution < -0.4 is 20.5 Å². The molecular weight excluding hydrogens is 672 g/mol. The zero-order valence-electron chi connectivity index (χ0n) is 31.3. The first kappa shape index (κ1) is 40.4. The Morgan fingerprint density at radius 1 is 0.962 bits per heavy atom. The molecule has 3 aromatic carbocycles. The highest BCUT2D eigenvalue weighted by atomic mass is 16.5. The van der Waals surface area contributed by atoms with Crippen molar-refractivity contribution < 1.29 is 33.4 Å². The molecule has 0 saturated heterocycles. The molecule has 3 N–H and O–H groups in total. The van der Waals surface area contributed by atoms with Gasteiger partial charge >= 0.3 is 0 Å². The molecule has 4 atom stereocenters. The molecule has 4 rings (SSSR count). The molecule has 0 unspecified atom stereocenters. The van der Waals surface area contributed by atoms with Gasteiger partial charge < -0.3 is 25.4 Å². The summed E-state index contributed by atoms with van der Waals surface area (Å²) < 4.78 is 11.5. The Bertz CT molecular complexity index is 1850. The van der Waals surface area contributed by atoms with Crippen LogP contribution in [0, 0.1) is 30.1 Å². The van der Waals surface area contributed by atoms with Crippen molar-refractivity contribution in [1.82, 2.24) is 10.2 Å². The van der Waals surface area contributed by atoms with Gasteiger partial charge in [0.05, 0.1) is 26.3 Å². The van der Waals surface area contributed by atoms with Crippen LogP contribution in [-0.4, -0.2) is 67.9 Å². The van der Waals surface area contributed by atoms with Crippen LogP contribution in [-0.2, 0) is 25.6 Å². The lowest BCUT2D eigenvalue weighted by Gasteiger charge is -2.32. The number of nitrogens with two attached hydrogens (primary N) is 1. The second kappa shape index (κ2) is 18.9. The summed E-state index contributed by atoms with van der Waals surface area (Å²) in [6, 6.07) is 17.8. The van der Waals surface area contributed by atoms with Crippen LogP contribution in [0.3, 0.4) is 0 Å². The molecule has 4 bridgehead atoms. The van der Waals surface area contributed by atoms with Crippen LogP contribution in [0.2, 0.25) is 0 Å². The number of nitrogens with zero attached hydrogens (tertiary/aromatic N) is 2. The number of Topliss-reactive ketones (excluding diaryl/α,β-unsaturated/α-hetero) is 3. The van der Waals surface area contributed by atoms with Crippen molar-refractivity contribution in [2.24, 2.45) is 17.6 Å². The monoisotopic (exact) mass is 722 g/mol. The first-order valence-electron chi connectivity index (χ1n) is 18.1. The number of hydrogen-bond donors (Lipinski definition) is 2. The molecule has 11 heteroatoms. The second-order valence-electron chi connectivity index (χ2n) is 13.8. The van der Waals surface area contributed by atoms with Crippen LogP contribution in [0.4, 0.5) is 0 Å². The number of ether oxygens (including phenoxy) is 2. The maximum atomic E-state index is 14.5. The van der Waals surface area contributed by atoms with E-state index in [9.17, 15) is 24.0 Å². The summed E-state index contributed by atoms with van der Waals surface area (Å²) in [7, 11) is 4.62. The summed E-state index contributed by atoms with van der Waals surface area (Å²) in [5, 5.41) is 12.0. The van der Waals surface area contributed by atoms with Gasteiger partial charge in [0, 0.05) is 61.3 Å². The molecule has 2 amide bonds. The highest BCUT2D eigenvalue weighted by molar-refractivity contribution is 6.00. The maximum Gasteiger partial charge on any atom is 0.226 e. The molecule has 1 aliphatic heterocycles. The number of hydrogen-bond acceptors (Lipinski definition) is 9. The quantitative estimate of drug-likeness (QED) is 0.157.